The third-order valence-electron chi connectivity index (χ3n) is 1.98. The van der Waals surface area contributed by atoms with Crippen LogP contribution in [0.15, 0.2) is 33.4 Å². The molecule has 0 spiro atoms. The van der Waals surface area contributed by atoms with Crippen molar-refractivity contribution in [2.75, 3.05) is 5.32 Å². The number of oxazole rings is 1. The van der Waals surface area contributed by atoms with Crippen molar-refractivity contribution < 1.29 is 14.3 Å². The van der Waals surface area contributed by atoms with Crippen molar-refractivity contribution in [2.45, 2.75) is 6.92 Å². The van der Waals surface area contributed by atoms with Gasteiger partial charge in [-0.1, -0.05) is 15.9 Å². The molecular weight excluding hydrogens is 288 g/mol. The fraction of sp³-hybridized carbons (Fsp3) is 0.0909. The van der Waals surface area contributed by atoms with Gasteiger partial charge in [-0.05, 0) is 25.1 Å². The number of halogens is 1. The van der Waals surface area contributed by atoms with Crippen LogP contribution in [0.1, 0.15) is 16.1 Å². The Kier molecular flexibility index (Phi) is 3.14. The molecule has 0 fully saturated rings. The minimum atomic E-state index is -0.400. The molecule has 0 bridgehead atoms. The number of aromatic hydroxyl groups is 1. The van der Waals surface area contributed by atoms with E-state index in [2.05, 4.69) is 26.2 Å². The molecule has 0 saturated heterocycles. The van der Waals surface area contributed by atoms with Gasteiger partial charge in [0.15, 0.2) is 0 Å². The number of carbonyl (C=O) groups is 1. The van der Waals surface area contributed by atoms with Crippen LogP contribution in [0.25, 0.3) is 0 Å². The summed E-state index contributed by atoms with van der Waals surface area (Å²) in [6.07, 6.45) is 1.44. The predicted octanol–water partition coefficient (Wildman–Crippen LogP) is 2.70. The van der Waals surface area contributed by atoms with Crippen molar-refractivity contribution in [3.05, 3.63) is 40.2 Å². The fourth-order valence-electron chi connectivity index (χ4n) is 1.29. The Hall–Kier alpha value is -1.82. The van der Waals surface area contributed by atoms with Gasteiger partial charge in [0.1, 0.15) is 12.0 Å². The summed E-state index contributed by atoms with van der Waals surface area (Å²) >= 11 is 3.19. The molecule has 6 heteroatoms. The summed E-state index contributed by atoms with van der Waals surface area (Å²) in [6, 6.07) is 4.57. The summed E-state index contributed by atoms with van der Waals surface area (Å²) < 4.78 is 5.62. The summed E-state index contributed by atoms with van der Waals surface area (Å²) in [7, 11) is 0. The second-order valence-electron chi connectivity index (χ2n) is 3.45. The van der Waals surface area contributed by atoms with E-state index in [1.54, 1.807) is 13.0 Å². The zero-order valence-electron chi connectivity index (χ0n) is 8.90. The first-order valence-electron chi connectivity index (χ1n) is 4.77. The van der Waals surface area contributed by atoms with Crippen molar-refractivity contribution in [3.8, 4) is 5.75 Å². The number of hydrogen-bond donors (Lipinski definition) is 2. The van der Waals surface area contributed by atoms with Crippen LogP contribution in [0.5, 0.6) is 5.75 Å². The Labute approximate surface area is 106 Å². The molecule has 1 aromatic carbocycles. The number of nitrogens with zero attached hydrogens (tertiary/aromatic N) is 1. The number of anilines is 1. The van der Waals surface area contributed by atoms with Crippen molar-refractivity contribution in [2.24, 2.45) is 0 Å². The summed E-state index contributed by atoms with van der Waals surface area (Å²) in [5.74, 6) is -0.392. The molecule has 88 valence electrons. The number of nitrogens with one attached hydrogen (secondary N) is 1. The number of benzene rings is 1. The number of phenolic OH excluding ortho intramolecular Hbond substituents is 1. The third kappa shape index (κ3) is 2.85. The van der Waals surface area contributed by atoms with Crippen LogP contribution < -0.4 is 5.32 Å². The molecule has 0 radical (unpaired) electrons. The number of aromatic nitrogens is 1. The number of rotatable bonds is 2. The van der Waals surface area contributed by atoms with Gasteiger partial charge in [0.2, 0.25) is 0 Å². The topological polar surface area (TPSA) is 75.4 Å². The van der Waals surface area contributed by atoms with Crippen LogP contribution in [-0.2, 0) is 0 Å². The zero-order valence-corrected chi connectivity index (χ0v) is 10.5. The lowest BCUT2D eigenvalue weighted by Gasteiger charge is -2.02. The molecule has 2 aromatic rings. The van der Waals surface area contributed by atoms with Crippen molar-refractivity contribution in [1.29, 1.82) is 0 Å². The molecule has 17 heavy (non-hydrogen) atoms. The van der Waals surface area contributed by atoms with E-state index < -0.39 is 5.91 Å². The average Bonchev–Trinajstić information content (AvgIpc) is 2.62. The molecular formula is C11H9BrN2O3. The highest BCUT2D eigenvalue weighted by Gasteiger charge is 2.11. The molecule has 1 aromatic heterocycles. The Morgan fingerprint density at radius 2 is 2.24 bits per heavy atom. The zero-order chi connectivity index (χ0) is 12.4. The van der Waals surface area contributed by atoms with E-state index in [9.17, 15) is 9.90 Å². The molecule has 1 heterocycles. The van der Waals surface area contributed by atoms with Gasteiger partial charge >= 0.3 is 6.01 Å². The van der Waals surface area contributed by atoms with Crippen LogP contribution >= 0.6 is 15.9 Å². The van der Waals surface area contributed by atoms with Gasteiger partial charge in [0, 0.05) is 10.0 Å². The van der Waals surface area contributed by atoms with Crippen molar-refractivity contribution in [3.63, 3.8) is 0 Å². The molecule has 0 aliphatic carbocycles. The van der Waals surface area contributed by atoms with Crippen LogP contribution in [-0.4, -0.2) is 16.0 Å². The number of phenols is 1. The highest BCUT2D eigenvalue weighted by atomic mass is 79.9. The molecule has 2 rings (SSSR count). The van der Waals surface area contributed by atoms with Gasteiger partial charge in [-0.15, -0.1) is 0 Å². The van der Waals surface area contributed by atoms with Gasteiger partial charge in [0.25, 0.3) is 5.91 Å². The maximum absolute atomic E-state index is 11.8. The minimum Gasteiger partial charge on any atom is -0.508 e. The average molecular weight is 297 g/mol. The van der Waals surface area contributed by atoms with Crippen molar-refractivity contribution >= 4 is 27.9 Å². The first-order valence-corrected chi connectivity index (χ1v) is 5.57. The first-order chi connectivity index (χ1) is 8.04. The molecule has 0 aliphatic heterocycles. The molecule has 1 amide bonds. The van der Waals surface area contributed by atoms with Crippen LogP contribution in [0.4, 0.5) is 6.01 Å². The first kappa shape index (κ1) is 11.7. The lowest BCUT2D eigenvalue weighted by atomic mass is 10.2. The van der Waals surface area contributed by atoms with Gasteiger partial charge in [0.05, 0.1) is 5.69 Å². The van der Waals surface area contributed by atoms with E-state index >= 15 is 0 Å². The van der Waals surface area contributed by atoms with E-state index in [0.717, 1.165) is 0 Å². The van der Waals surface area contributed by atoms with Gasteiger partial charge < -0.3 is 9.52 Å². The van der Waals surface area contributed by atoms with E-state index in [1.165, 1.54) is 18.4 Å². The van der Waals surface area contributed by atoms with Crippen LogP contribution in [0.3, 0.4) is 0 Å². The molecule has 0 saturated carbocycles. The lowest BCUT2D eigenvalue weighted by Crippen LogP contribution is -2.12. The van der Waals surface area contributed by atoms with Crippen LogP contribution in [0.2, 0.25) is 0 Å². The number of amides is 1. The Morgan fingerprint density at radius 3 is 2.82 bits per heavy atom. The van der Waals surface area contributed by atoms with E-state index in [0.29, 0.717) is 15.7 Å². The van der Waals surface area contributed by atoms with E-state index in [-0.39, 0.29) is 11.8 Å². The largest absolute Gasteiger partial charge is 0.508 e. The van der Waals surface area contributed by atoms with Crippen LogP contribution in [0, 0.1) is 6.92 Å². The molecule has 0 unspecified atom stereocenters. The number of carbonyl (C=O) groups excluding carboxylic acids is 1. The maximum Gasteiger partial charge on any atom is 0.301 e. The van der Waals surface area contributed by atoms with E-state index in [1.807, 2.05) is 0 Å². The van der Waals surface area contributed by atoms with Gasteiger partial charge in [-0.3, -0.25) is 10.1 Å². The maximum atomic E-state index is 11.8. The second kappa shape index (κ2) is 4.58. The smallest absolute Gasteiger partial charge is 0.301 e. The summed E-state index contributed by atoms with van der Waals surface area (Å²) in [6.45, 7) is 1.75. The van der Waals surface area contributed by atoms with Crippen molar-refractivity contribution in [1.82, 2.24) is 4.98 Å². The number of aryl methyl sites for hydroxylation is 1. The lowest BCUT2D eigenvalue weighted by molar-refractivity contribution is 0.102. The summed E-state index contributed by atoms with van der Waals surface area (Å²) in [5.41, 5.74) is 0.991. The highest BCUT2D eigenvalue weighted by molar-refractivity contribution is 9.10. The second-order valence-corrected chi connectivity index (χ2v) is 4.36. The highest BCUT2D eigenvalue weighted by Crippen LogP contribution is 2.21. The Balaban J connectivity index is 2.19. The van der Waals surface area contributed by atoms with E-state index in [4.69, 9.17) is 4.42 Å². The standard InChI is InChI=1S/C11H9BrN2O3/c1-6-5-17-11(13-6)14-10(16)7-2-8(12)4-9(15)3-7/h2-5,15H,1H3,(H,13,14,16). The Bertz CT molecular complexity index is 545. The molecule has 5 nitrogen and oxygen atoms in total. The quantitative estimate of drug-likeness (QED) is 0.893. The Morgan fingerprint density at radius 1 is 1.47 bits per heavy atom. The molecule has 2 N–H and O–H groups in total. The van der Waals surface area contributed by atoms with Gasteiger partial charge in [-0.25, -0.2) is 0 Å². The minimum absolute atomic E-state index is 0.00751. The molecule has 0 atom stereocenters. The number of hydrogen-bond acceptors (Lipinski definition) is 4. The summed E-state index contributed by atoms with van der Waals surface area (Å²) in [5, 5.41) is 11.8. The molecule has 0 aliphatic rings. The van der Waals surface area contributed by atoms with Gasteiger partial charge in [-0.2, -0.15) is 4.98 Å². The monoisotopic (exact) mass is 296 g/mol. The predicted molar refractivity (Wildman–Crippen MR) is 65.0 cm³/mol. The fourth-order valence-corrected chi connectivity index (χ4v) is 1.77. The SMILES string of the molecule is Cc1coc(NC(=O)c2cc(O)cc(Br)c2)n1. The summed E-state index contributed by atoms with van der Waals surface area (Å²) in [4.78, 5) is 15.7. The normalized spacial score (nSPS) is 10.2. The third-order valence-corrected chi connectivity index (χ3v) is 2.44.